The fourth-order valence-electron chi connectivity index (χ4n) is 6.49. The minimum absolute atomic E-state index is 0.114. The summed E-state index contributed by atoms with van der Waals surface area (Å²) in [6, 6.07) is 0. The second-order valence-corrected chi connectivity index (χ2v) is 8.42. The third kappa shape index (κ3) is 1.91. The fraction of sp³-hybridized carbons (Fsp3) is 1.00. The fourth-order valence-corrected chi connectivity index (χ4v) is 6.49. The molecule has 0 aromatic carbocycles. The third-order valence-corrected chi connectivity index (χ3v) is 7.74. The van der Waals surface area contributed by atoms with Gasteiger partial charge in [-0.15, -0.1) is 0 Å². The predicted octanol–water partition coefficient (Wildman–Crippen LogP) is 3.75. The topological polar surface area (TPSA) is 40.5 Å². The highest BCUT2D eigenvalue weighted by Crippen LogP contribution is 2.66. The van der Waals surface area contributed by atoms with E-state index in [9.17, 15) is 10.2 Å². The Balaban J connectivity index is 1.73. The van der Waals surface area contributed by atoms with Crippen LogP contribution in [0.15, 0.2) is 0 Å². The van der Waals surface area contributed by atoms with Crippen molar-refractivity contribution in [2.45, 2.75) is 83.7 Å². The second-order valence-electron chi connectivity index (χ2n) is 8.42. The van der Waals surface area contributed by atoms with Crippen LogP contribution in [-0.2, 0) is 0 Å². The summed E-state index contributed by atoms with van der Waals surface area (Å²) in [6.45, 7) is -0.0990. The van der Waals surface area contributed by atoms with E-state index in [2.05, 4.69) is 6.92 Å². The molecule has 0 radical (unpaired) electrons. The van der Waals surface area contributed by atoms with Crippen molar-refractivity contribution < 1.29 is 17.1 Å². The lowest BCUT2D eigenvalue weighted by atomic mass is 9.45. The molecule has 0 saturated heterocycles. The van der Waals surface area contributed by atoms with Crippen LogP contribution in [0.5, 0.6) is 0 Å². The molecule has 0 aromatic rings. The van der Waals surface area contributed by atoms with Gasteiger partial charge in [0.25, 0.3) is 0 Å². The first-order chi connectivity index (χ1) is 11.9. The first-order valence-corrected chi connectivity index (χ1v) is 8.78. The van der Waals surface area contributed by atoms with Crippen molar-refractivity contribution in [3.63, 3.8) is 0 Å². The van der Waals surface area contributed by atoms with E-state index in [1.54, 1.807) is 0 Å². The van der Waals surface area contributed by atoms with Gasteiger partial charge in [0.2, 0.25) is 0 Å². The monoisotopic (exact) mass is 297 g/mol. The van der Waals surface area contributed by atoms with Crippen molar-refractivity contribution in [3.8, 4) is 0 Å². The predicted molar refractivity (Wildman–Crippen MR) is 83.7 cm³/mol. The smallest absolute Gasteiger partial charge is 0.0606 e. The molecule has 4 aliphatic rings. The van der Waals surface area contributed by atoms with Crippen LogP contribution in [0.2, 0.25) is 0 Å². The molecule has 4 saturated carbocycles. The first-order valence-electron chi connectivity index (χ1n) is 11.4. The summed E-state index contributed by atoms with van der Waals surface area (Å²) in [5.41, 5.74) is -1.35. The average molecular weight is 297 g/mol. The van der Waals surface area contributed by atoms with Crippen LogP contribution in [0.1, 0.15) is 78.4 Å². The zero-order valence-corrected chi connectivity index (χ0v) is 13.0. The number of hydrogen-bond donors (Lipinski definition) is 2. The zero-order chi connectivity index (χ0) is 19.1. The summed E-state index contributed by atoms with van der Waals surface area (Å²) >= 11 is 0. The van der Waals surface area contributed by atoms with Crippen LogP contribution in [0.4, 0.5) is 0 Å². The van der Waals surface area contributed by atoms with Gasteiger partial charge in [0.15, 0.2) is 0 Å². The molecule has 120 valence electrons. The lowest BCUT2D eigenvalue weighted by molar-refractivity contribution is -0.133. The van der Waals surface area contributed by atoms with E-state index in [4.69, 9.17) is 6.85 Å². The summed E-state index contributed by atoms with van der Waals surface area (Å²) in [7, 11) is 0. The number of rotatable bonds is 0. The highest BCUT2D eigenvalue weighted by Gasteiger charge is 2.59. The lowest BCUT2D eigenvalue weighted by Gasteiger charge is -2.60. The molecule has 2 N–H and O–H groups in total. The van der Waals surface area contributed by atoms with E-state index in [1.807, 2.05) is 0 Å². The summed E-state index contributed by atoms with van der Waals surface area (Å²) in [6.07, 6.45) is 2.42. The van der Waals surface area contributed by atoms with Crippen LogP contribution >= 0.6 is 0 Å². The molecule has 21 heavy (non-hydrogen) atoms. The summed E-state index contributed by atoms with van der Waals surface area (Å²) < 4.78 is 41.3. The number of fused-ring (bicyclic) bond motifs is 5. The average Bonchev–Trinajstić information content (AvgIpc) is 2.75. The van der Waals surface area contributed by atoms with Crippen molar-refractivity contribution in [1.82, 2.24) is 0 Å². The van der Waals surface area contributed by atoms with Crippen molar-refractivity contribution in [2.75, 3.05) is 0 Å². The molecule has 2 heteroatoms. The molecular weight excluding hydrogens is 260 g/mol. The molecular formula is C19H32O2. The van der Waals surface area contributed by atoms with Gasteiger partial charge in [0.1, 0.15) is 0 Å². The van der Waals surface area contributed by atoms with Crippen LogP contribution in [0.25, 0.3) is 0 Å². The maximum Gasteiger partial charge on any atom is 0.0606 e. The van der Waals surface area contributed by atoms with Crippen molar-refractivity contribution in [1.29, 1.82) is 0 Å². The highest BCUT2D eigenvalue weighted by molar-refractivity contribution is 5.09. The Morgan fingerprint density at radius 3 is 2.62 bits per heavy atom. The molecule has 2 nitrogen and oxygen atoms in total. The molecule has 4 rings (SSSR count). The van der Waals surface area contributed by atoms with E-state index in [0.717, 1.165) is 38.5 Å². The molecule has 0 aromatic heterocycles. The van der Waals surface area contributed by atoms with E-state index in [0.29, 0.717) is 24.7 Å². The summed E-state index contributed by atoms with van der Waals surface area (Å²) in [5, 5.41) is 21.0. The van der Waals surface area contributed by atoms with Crippen LogP contribution in [0.3, 0.4) is 0 Å². The Morgan fingerprint density at radius 2 is 1.81 bits per heavy atom. The SMILES string of the molecule is [2H]C1C[C@H]2[C@@H]3CC[C@H]4C[C@H](O)CC[C@]4(C)[C@H]3CC[C@]2(C([2H])([2H])[2H])[C@@]1([2H])O. The highest BCUT2D eigenvalue weighted by atomic mass is 16.3. The Morgan fingerprint density at radius 1 is 1.05 bits per heavy atom. The van der Waals surface area contributed by atoms with E-state index >= 15 is 0 Å². The van der Waals surface area contributed by atoms with Gasteiger partial charge in [-0.1, -0.05) is 13.8 Å². The summed E-state index contributed by atoms with van der Waals surface area (Å²) in [5.74, 6) is 0.766. The normalized spacial score (nSPS) is 71.1. The molecule has 0 amide bonds. The van der Waals surface area contributed by atoms with E-state index in [1.165, 1.54) is 0 Å². The largest absolute Gasteiger partial charge is 0.393 e. The molecule has 4 aliphatic carbocycles. The van der Waals surface area contributed by atoms with Crippen LogP contribution < -0.4 is 0 Å². The van der Waals surface area contributed by atoms with Gasteiger partial charge in [-0.2, -0.15) is 0 Å². The Labute approximate surface area is 136 Å². The standard InChI is InChI=1S/C19H32O2/c1-18-9-7-13(20)11-12(18)3-4-14-15-5-6-17(21)19(15,2)10-8-16(14)18/h12-17,20-21H,3-11H2,1-2H3/t12-,13+,14-,15-,16-,17-,18-,19-/m0/s1/i2D3,6D,17D/t6?,12-,13+,14-,15-,16-,17-,18-,19-. The number of aliphatic hydroxyl groups is 2. The number of aliphatic hydroxyl groups excluding tert-OH is 1. The maximum absolute atomic E-state index is 10.9. The van der Waals surface area contributed by atoms with Crippen molar-refractivity contribution in [2.24, 2.45) is 34.5 Å². The Kier molecular flexibility index (Phi) is 2.22. The van der Waals surface area contributed by atoms with E-state index < -0.39 is 24.7 Å². The van der Waals surface area contributed by atoms with E-state index in [-0.39, 0.29) is 23.4 Å². The Bertz CT molecular complexity index is 579. The minimum atomic E-state index is -2.42. The van der Waals surface area contributed by atoms with Gasteiger partial charge in [-0.25, -0.2) is 0 Å². The van der Waals surface area contributed by atoms with Crippen molar-refractivity contribution >= 4 is 0 Å². The van der Waals surface area contributed by atoms with Gasteiger partial charge in [-0.3, -0.25) is 0 Å². The third-order valence-electron chi connectivity index (χ3n) is 7.74. The molecule has 0 bridgehead atoms. The van der Waals surface area contributed by atoms with Crippen molar-refractivity contribution in [3.05, 3.63) is 0 Å². The minimum Gasteiger partial charge on any atom is -0.393 e. The van der Waals surface area contributed by atoms with Gasteiger partial charge in [-0.05, 0) is 92.3 Å². The molecule has 0 heterocycles. The molecule has 0 spiro atoms. The second kappa shape index (κ2) is 4.71. The van der Waals surface area contributed by atoms with Crippen LogP contribution in [-0.4, -0.2) is 22.4 Å². The van der Waals surface area contributed by atoms with Gasteiger partial charge >= 0.3 is 0 Å². The first kappa shape index (κ1) is 9.93. The lowest BCUT2D eigenvalue weighted by Crippen LogP contribution is -2.54. The zero-order valence-electron chi connectivity index (χ0n) is 18.0. The Hall–Kier alpha value is -0.0800. The van der Waals surface area contributed by atoms with Gasteiger partial charge < -0.3 is 10.2 Å². The maximum atomic E-state index is 10.9. The summed E-state index contributed by atoms with van der Waals surface area (Å²) in [4.78, 5) is 0. The molecule has 1 unspecified atom stereocenters. The quantitative estimate of drug-likeness (QED) is 0.715. The molecule has 0 aliphatic heterocycles. The molecule has 9 atom stereocenters. The van der Waals surface area contributed by atoms with Gasteiger partial charge in [0.05, 0.1) is 13.6 Å². The van der Waals surface area contributed by atoms with Gasteiger partial charge in [0, 0.05) is 5.48 Å². The molecule has 4 fully saturated rings. The number of hydrogen-bond acceptors (Lipinski definition) is 2. The van der Waals surface area contributed by atoms with Crippen LogP contribution in [0, 0.1) is 34.5 Å².